The third-order valence-electron chi connectivity index (χ3n) is 5.51. The van der Waals surface area contributed by atoms with E-state index in [4.69, 9.17) is 46.4 Å². The second-order valence-electron chi connectivity index (χ2n) is 8.05. The zero-order chi connectivity index (χ0) is 26.1. The summed E-state index contributed by atoms with van der Waals surface area (Å²) in [5, 5.41) is 7.10. The highest BCUT2D eigenvalue weighted by atomic mass is 35.5. The van der Waals surface area contributed by atoms with Gasteiger partial charge in [-0.1, -0.05) is 46.4 Å². The number of carbonyl (C=O) groups is 2. The molecule has 5 rings (SSSR count). The number of imidazole rings is 1. The number of benzene rings is 4. The number of halogens is 4. The summed E-state index contributed by atoms with van der Waals surface area (Å²) in [5.74, 6) is -0.0521. The second kappa shape index (κ2) is 10.4. The van der Waals surface area contributed by atoms with Gasteiger partial charge in [0.05, 0.1) is 32.2 Å². The zero-order valence-electron chi connectivity index (χ0n) is 18.8. The average molecular weight is 570 g/mol. The summed E-state index contributed by atoms with van der Waals surface area (Å²) in [6.45, 7) is 0. The van der Waals surface area contributed by atoms with Crippen molar-refractivity contribution in [3.05, 3.63) is 110 Å². The Morgan fingerprint density at radius 1 is 0.649 bits per heavy atom. The minimum absolute atomic E-state index is 0.269. The molecule has 5 aromatic rings. The number of rotatable bonds is 5. The van der Waals surface area contributed by atoms with E-state index in [1.165, 1.54) is 12.1 Å². The average Bonchev–Trinajstić information content (AvgIpc) is 3.27. The Morgan fingerprint density at radius 2 is 1.19 bits per heavy atom. The molecule has 0 aliphatic carbocycles. The monoisotopic (exact) mass is 568 g/mol. The van der Waals surface area contributed by atoms with E-state index < -0.39 is 0 Å². The van der Waals surface area contributed by atoms with Gasteiger partial charge in [-0.3, -0.25) is 9.59 Å². The Kier molecular flexibility index (Phi) is 7.09. The molecule has 0 atom stereocenters. The van der Waals surface area contributed by atoms with Crippen molar-refractivity contribution in [1.29, 1.82) is 0 Å². The number of hydrogen-bond donors (Lipinski definition) is 3. The molecule has 37 heavy (non-hydrogen) atoms. The van der Waals surface area contributed by atoms with Gasteiger partial charge in [-0.25, -0.2) is 4.98 Å². The molecule has 0 saturated heterocycles. The number of fused-ring (bicyclic) bond motifs is 1. The van der Waals surface area contributed by atoms with Crippen LogP contribution in [-0.4, -0.2) is 21.8 Å². The van der Waals surface area contributed by atoms with Crippen LogP contribution in [0.4, 0.5) is 11.4 Å². The van der Waals surface area contributed by atoms with Crippen molar-refractivity contribution in [3.8, 4) is 11.4 Å². The molecule has 2 amide bonds. The fourth-order valence-corrected chi connectivity index (χ4v) is 4.67. The number of aromatic amines is 1. The van der Waals surface area contributed by atoms with E-state index in [-0.39, 0.29) is 21.9 Å². The molecule has 1 aromatic heterocycles. The second-order valence-corrected chi connectivity index (χ2v) is 9.74. The van der Waals surface area contributed by atoms with E-state index in [0.29, 0.717) is 38.4 Å². The number of anilines is 2. The first-order chi connectivity index (χ1) is 17.8. The van der Waals surface area contributed by atoms with Crippen LogP contribution in [0.2, 0.25) is 20.1 Å². The van der Waals surface area contributed by atoms with Crippen molar-refractivity contribution in [2.24, 2.45) is 0 Å². The third-order valence-corrected chi connectivity index (χ3v) is 6.60. The number of amides is 2. The van der Waals surface area contributed by atoms with Crippen molar-refractivity contribution in [2.75, 3.05) is 10.6 Å². The first kappa shape index (κ1) is 25.1. The molecule has 0 aliphatic rings. The lowest BCUT2D eigenvalue weighted by Crippen LogP contribution is -2.12. The number of H-pyrrole nitrogens is 1. The summed E-state index contributed by atoms with van der Waals surface area (Å²) >= 11 is 24.1. The molecule has 0 saturated carbocycles. The number of hydrogen-bond acceptors (Lipinski definition) is 3. The largest absolute Gasteiger partial charge is 0.338 e. The van der Waals surface area contributed by atoms with Gasteiger partial charge in [-0.2, -0.15) is 0 Å². The van der Waals surface area contributed by atoms with Crippen LogP contribution in [0.1, 0.15) is 20.7 Å². The lowest BCUT2D eigenvalue weighted by Gasteiger charge is -2.07. The van der Waals surface area contributed by atoms with Gasteiger partial charge in [0.15, 0.2) is 0 Å². The highest BCUT2D eigenvalue weighted by Crippen LogP contribution is 2.27. The standard InChI is InChI=1S/C27H16Cl4N4O2/c28-15-3-8-19(21(30)11-15)26(36)32-17-5-1-14(2-6-17)25-34-23-10-7-18(13-24(23)35-25)33-27(37)20-9-4-16(29)12-22(20)31/h1-13H,(H,32,36)(H,33,37)(H,34,35). The van der Waals surface area contributed by atoms with Gasteiger partial charge in [0, 0.05) is 27.0 Å². The molecule has 0 aliphatic heterocycles. The molecule has 0 spiro atoms. The fourth-order valence-electron chi connectivity index (χ4n) is 3.68. The quantitative estimate of drug-likeness (QED) is 0.199. The van der Waals surface area contributed by atoms with Crippen LogP contribution in [0.15, 0.2) is 78.9 Å². The predicted octanol–water partition coefficient (Wildman–Crippen LogP) is 8.35. The first-order valence-electron chi connectivity index (χ1n) is 10.9. The van der Waals surface area contributed by atoms with Gasteiger partial charge in [0.25, 0.3) is 11.8 Å². The van der Waals surface area contributed by atoms with Crippen LogP contribution in [-0.2, 0) is 0 Å². The SMILES string of the molecule is O=C(Nc1ccc(-c2nc3ccc(NC(=O)c4ccc(Cl)cc4Cl)cc3[nH]2)cc1)c1ccc(Cl)cc1Cl. The molecule has 4 aromatic carbocycles. The van der Waals surface area contributed by atoms with Crippen LogP contribution >= 0.6 is 46.4 Å². The van der Waals surface area contributed by atoms with Gasteiger partial charge in [-0.05, 0) is 78.9 Å². The minimum Gasteiger partial charge on any atom is -0.338 e. The predicted molar refractivity (Wildman–Crippen MR) is 150 cm³/mol. The van der Waals surface area contributed by atoms with Crippen LogP contribution < -0.4 is 10.6 Å². The summed E-state index contributed by atoms with van der Waals surface area (Å²) in [6, 6.07) is 22.0. The molecule has 184 valence electrons. The fraction of sp³-hybridized carbons (Fsp3) is 0. The molecular formula is C27H16Cl4N4O2. The normalized spacial score (nSPS) is 10.9. The van der Waals surface area contributed by atoms with E-state index >= 15 is 0 Å². The highest BCUT2D eigenvalue weighted by Gasteiger charge is 2.14. The zero-order valence-corrected chi connectivity index (χ0v) is 21.8. The maximum Gasteiger partial charge on any atom is 0.257 e. The summed E-state index contributed by atoms with van der Waals surface area (Å²) < 4.78 is 0. The summed E-state index contributed by atoms with van der Waals surface area (Å²) in [7, 11) is 0. The Hall–Kier alpha value is -3.55. The maximum absolute atomic E-state index is 12.6. The number of aromatic nitrogens is 2. The van der Waals surface area contributed by atoms with Crippen molar-refractivity contribution in [1.82, 2.24) is 9.97 Å². The molecule has 0 unspecified atom stereocenters. The van der Waals surface area contributed by atoms with Gasteiger partial charge in [0.2, 0.25) is 0 Å². The lowest BCUT2D eigenvalue weighted by atomic mass is 10.1. The smallest absolute Gasteiger partial charge is 0.257 e. The van der Waals surface area contributed by atoms with Gasteiger partial charge in [0.1, 0.15) is 5.82 Å². The Morgan fingerprint density at radius 3 is 1.76 bits per heavy atom. The minimum atomic E-state index is -0.349. The van der Waals surface area contributed by atoms with Gasteiger partial charge in [-0.15, -0.1) is 0 Å². The first-order valence-corrected chi connectivity index (χ1v) is 12.4. The summed E-state index contributed by atoms with van der Waals surface area (Å²) in [6.07, 6.45) is 0. The molecule has 0 fully saturated rings. The number of carbonyl (C=O) groups excluding carboxylic acids is 2. The van der Waals surface area contributed by atoms with E-state index in [1.807, 2.05) is 12.1 Å². The lowest BCUT2D eigenvalue weighted by molar-refractivity contribution is 0.101. The number of nitrogens with one attached hydrogen (secondary N) is 3. The Balaban J connectivity index is 1.31. The van der Waals surface area contributed by atoms with Crippen molar-refractivity contribution in [3.63, 3.8) is 0 Å². The van der Waals surface area contributed by atoms with E-state index in [0.717, 1.165) is 16.6 Å². The van der Waals surface area contributed by atoms with Gasteiger partial charge >= 0.3 is 0 Å². The molecule has 0 bridgehead atoms. The van der Waals surface area contributed by atoms with Crippen LogP contribution in [0.25, 0.3) is 22.4 Å². The molecule has 10 heteroatoms. The Labute approximate surface area is 231 Å². The van der Waals surface area contributed by atoms with Gasteiger partial charge < -0.3 is 15.6 Å². The topological polar surface area (TPSA) is 86.9 Å². The summed E-state index contributed by atoms with van der Waals surface area (Å²) in [4.78, 5) is 33.1. The van der Waals surface area contributed by atoms with E-state index in [2.05, 4.69) is 20.6 Å². The summed E-state index contributed by atoms with van der Waals surface area (Å²) in [5.41, 5.74) is 4.12. The number of nitrogens with zero attached hydrogens (tertiary/aromatic N) is 1. The van der Waals surface area contributed by atoms with Crippen LogP contribution in [0, 0.1) is 0 Å². The van der Waals surface area contributed by atoms with E-state index in [1.54, 1.807) is 54.6 Å². The van der Waals surface area contributed by atoms with Crippen molar-refractivity contribution < 1.29 is 9.59 Å². The van der Waals surface area contributed by atoms with Crippen molar-refractivity contribution >= 4 is 80.6 Å². The van der Waals surface area contributed by atoms with E-state index in [9.17, 15) is 9.59 Å². The Bertz CT molecular complexity index is 1670. The molecule has 0 radical (unpaired) electrons. The van der Waals surface area contributed by atoms with Crippen LogP contribution in [0.3, 0.4) is 0 Å². The molecule has 1 heterocycles. The van der Waals surface area contributed by atoms with Crippen molar-refractivity contribution in [2.45, 2.75) is 0 Å². The highest BCUT2D eigenvalue weighted by molar-refractivity contribution is 6.37. The molecule has 6 nitrogen and oxygen atoms in total. The molecular weight excluding hydrogens is 554 g/mol. The van der Waals surface area contributed by atoms with Crippen LogP contribution in [0.5, 0.6) is 0 Å². The maximum atomic E-state index is 12.6. The third kappa shape index (κ3) is 5.58. The molecule has 3 N–H and O–H groups in total.